The standard InChI is InChI=1S/C26H31FN4O2/c1-18(31(22-10-11-22)26(32)24-15-28-12-13-33-24)23-17-30(16-19-6-5-9-21(27)14-19)25(29-23)20-7-3-2-4-8-20/h2-9,14,17-18,22,24-25,28-29H,10-13,15-16H2,1H3/t18?,24-,25?/m1/s1. The molecule has 5 rings (SSSR count). The molecule has 1 saturated heterocycles. The summed E-state index contributed by atoms with van der Waals surface area (Å²) in [6, 6.07) is 17.1. The molecule has 2 unspecified atom stereocenters. The van der Waals surface area contributed by atoms with E-state index in [4.69, 9.17) is 4.74 Å². The number of nitrogens with one attached hydrogen (secondary N) is 2. The van der Waals surface area contributed by atoms with Gasteiger partial charge in [0.05, 0.1) is 18.3 Å². The molecule has 2 N–H and O–H groups in total. The molecule has 3 atom stereocenters. The van der Waals surface area contributed by atoms with Gasteiger partial charge in [-0.05, 0) is 43.0 Å². The Morgan fingerprint density at radius 3 is 2.73 bits per heavy atom. The van der Waals surface area contributed by atoms with Gasteiger partial charge in [0, 0.05) is 31.9 Å². The monoisotopic (exact) mass is 450 g/mol. The van der Waals surface area contributed by atoms with Crippen molar-refractivity contribution in [3.63, 3.8) is 0 Å². The number of benzene rings is 2. The van der Waals surface area contributed by atoms with Crippen molar-refractivity contribution >= 4 is 5.91 Å². The maximum Gasteiger partial charge on any atom is 0.253 e. The van der Waals surface area contributed by atoms with Gasteiger partial charge in [0.15, 0.2) is 0 Å². The first-order chi connectivity index (χ1) is 16.1. The predicted molar refractivity (Wildman–Crippen MR) is 124 cm³/mol. The normalized spacial score (nSPS) is 23.6. The van der Waals surface area contributed by atoms with Gasteiger partial charge in [-0.1, -0.05) is 42.5 Å². The summed E-state index contributed by atoms with van der Waals surface area (Å²) in [5, 5.41) is 6.92. The van der Waals surface area contributed by atoms with E-state index in [0.29, 0.717) is 19.7 Å². The van der Waals surface area contributed by atoms with Gasteiger partial charge in [0.25, 0.3) is 5.91 Å². The minimum absolute atomic E-state index is 0.0553. The molecule has 2 heterocycles. The summed E-state index contributed by atoms with van der Waals surface area (Å²) in [7, 11) is 0. The third-order valence-corrected chi connectivity index (χ3v) is 6.57. The number of rotatable bonds is 7. The zero-order valence-corrected chi connectivity index (χ0v) is 18.9. The third kappa shape index (κ3) is 4.89. The van der Waals surface area contributed by atoms with Crippen LogP contribution < -0.4 is 10.6 Å². The van der Waals surface area contributed by atoms with E-state index in [0.717, 1.165) is 36.2 Å². The molecule has 1 aliphatic carbocycles. The molecule has 0 bridgehead atoms. The summed E-state index contributed by atoms with van der Waals surface area (Å²) in [4.78, 5) is 17.6. The number of hydrogen-bond donors (Lipinski definition) is 2. The van der Waals surface area contributed by atoms with E-state index in [-0.39, 0.29) is 30.0 Å². The van der Waals surface area contributed by atoms with E-state index in [1.165, 1.54) is 6.07 Å². The first-order valence-corrected chi connectivity index (χ1v) is 11.8. The number of carbonyl (C=O) groups excluding carboxylic acids is 1. The van der Waals surface area contributed by atoms with Gasteiger partial charge in [-0.15, -0.1) is 0 Å². The Kier molecular flexibility index (Phi) is 6.33. The lowest BCUT2D eigenvalue weighted by Gasteiger charge is -2.35. The lowest BCUT2D eigenvalue weighted by atomic mass is 10.1. The van der Waals surface area contributed by atoms with Gasteiger partial charge >= 0.3 is 0 Å². The summed E-state index contributed by atoms with van der Waals surface area (Å²) < 4.78 is 19.6. The van der Waals surface area contributed by atoms with Crippen molar-refractivity contribution in [2.75, 3.05) is 19.7 Å². The molecule has 0 radical (unpaired) electrons. The highest BCUT2D eigenvalue weighted by Crippen LogP contribution is 2.35. The molecule has 6 nitrogen and oxygen atoms in total. The summed E-state index contributed by atoms with van der Waals surface area (Å²) in [5.41, 5.74) is 3.01. The highest BCUT2D eigenvalue weighted by molar-refractivity contribution is 5.82. The van der Waals surface area contributed by atoms with Crippen LogP contribution in [0, 0.1) is 5.82 Å². The van der Waals surface area contributed by atoms with Crippen molar-refractivity contribution in [2.24, 2.45) is 0 Å². The molecule has 2 fully saturated rings. The van der Waals surface area contributed by atoms with Gasteiger partial charge in [0.2, 0.25) is 0 Å². The van der Waals surface area contributed by atoms with Crippen LogP contribution in [0.5, 0.6) is 0 Å². The maximum atomic E-state index is 13.8. The van der Waals surface area contributed by atoms with Crippen LogP contribution in [0.15, 0.2) is 66.5 Å². The molecule has 1 saturated carbocycles. The minimum Gasteiger partial charge on any atom is -0.366 e. The largest absolute Gasteiger partial charge is 0.366 e. The van der Waals surface area contributed by atoms with Crippen LogP contribution in [-0.4, -0.2) is 53.6 Å². The zero-order chi connectivity index (χ0) is 22.8. The first-order valence-electron chi connectivity index (χ1n) is 11.8. The van der Waals surface area contributed by atoms with E-state index in [1.807, 2.05) is 29.2 Å². The summed E-state index contributed by atoms with van der Waals surface area (Å²) in [6.45, 7) is 4.54. The fraction of sp³-hybridized carbons (Fsp3) is 0.423. The quantitative estimate of drug-likeness (QED) is 0.679. The number of nitrogens with zero attached hydrogens (tertiary/aromatic N) is 2. The highest BCUT2D eigenvalue weighted by Gasteiger charge is 2.42. The van der Waals surface area contributed by atoms with E-state index in [1.54, 1.807) is 12.1 Å². The van der Waals surface area contributed by atoms with Crippen molar-refractivity contribution in [2.45, 2.75) is 50.7 Å². The van der Waals surface area contributed by atoms with E-state index >= 15 is 0 Å². The Morgan fingerprint density at radius 1 is 1.21 bits per heavy atom. The number of ether oxygens (including phenoxy) is 1. The Balaban J connectivity index is 1.40. The maximum absolute atomic E-state index is 13.8. The van der Waals surface area contributed by atoms with Crippen molar-refractivity contribution in [1.82, 2.24) is 20.4 Å². The van der Waals surface area contributed by atoms with Crippen LogP contribution in [0.1, 0.15) is 37.1 Å². The number of amides is 1. The molecule has 7 heteroatoms. The van der Waals surface area contributed by atoms with Crippen LogP contribution in [0.2, 0.25) is 0 Å². The Hall–Kier alpha value is -2.90. The molecule has 0 spiro atoms. The van der Waals surface area contributed by atoms with Crippen LogP contribution in [0.25, 0.3) is 0 Å². The molecule has 2 aromatic rings. The van der Waals surface area contributed by atoms with Gasteiger partial charge in [-0.2, -0.15) is 0 Å². The summed E-state index contributed by atoms with van der Waals surface area (Å²) in [5.74, 6) is -0.181. The van der Waals surface area contributed by atoms with Gasteiger partial charge < -0.3 is 25.2 Å². The van der Waals surface area contributed by atoms with Crippen molar-refractivity contribution in [3.05, 3.63) is 83.4 Å². The second-order valence-electron chi connectivity index (χ2n) is 9.06. The molecule has 2 aromatic carbocycles. The van der Waals surface area contributed by atoms with E-state index in [9.17, 15) is 9.18 Å². The van der Waals surface area contributed by atoms with Crippen LogP contribution >= 0.6 is 0 Å². The molecule has 2 aliphatic heterocycles. The molecule has 1 amide bonds. The smallest absolute Gasteiger partial charge is 0.253 e. The van der Waals surface area contributed by atoms with Crippen molar-refractivity contribution in [3.8, 4) is 0 Å². The van der Waals surface area contributed by atoms with Crippen LogP contribution in [0.4, 0.5) is 4.39 Å². The van der Waals surface area contributed by atoms with Gasteiger partial charge in [-0.25, -0.2) is 4.39 Å². The average molecular weight is 451 g/mol. The van der Waals surface area contributed by atoms with Crippen molar-refractivity contribution < 1.29 is 13.9 Å². The lowest BCUT2D eigenvalue weighted by molar-refractivity contribution is -0.147. The molecule has 174 valence electrons. The van der Waals surface area contributed by atoms with Crippen LogP contribution in [0.3, 0.4) is 0 Å². The Morgan fingerprint density at radius 2 is 2.03 bits per heavy atom. The Labute approximate surface area is 194 Å². The first kappa shape index (κ1) is 21.9. The highest BCUT2D eigenvalue weighted by atomic mass is 19.1. The van der Waals surface area contributed by atoms with Gasteiger partial charge in [0.1, 0.15) is 18.1 Å². The topological polar surface area (TPSA) is 56.8 Å². The number of hydrogen-bond acceptors (Lipinski definition) is 5. The average Bonchev–Trinajstić information content (AvgIpc) is 3.59. The lowest BCUT2D eigenvalue weighted by Crippen LogP contribution is -2.53. The molecule has 0 aromatic heterocycles. The second kappa shape index (κ2) is 9.53. The molecular weight excluding hydrogens is 419 g/mol. The summed E-state index contributed by atoms with van der Waals surface area (Å²) >= 11 is 0. The second-order valence-corrected chi connectivity index (χ2v) is 9.06. The minimum atomic E-state index is -0.433. The molecular formula is C26H31FN4O2. The Bertz CT molecular complexity index is 1000. The van der Waals surface area contributed by atoms with Crippen LogP contribution in [-0.2, 0) is 16.1 Å². The third-order valence-electron chi connectivity index (χ3n) is 6.57. The van der Waals surface area contributed by atoms with Gasteiger partial charge in [-0.3, -0.25) is 4.79 Å². The number of halogens is 1. The number of morpholine rings is 1. The molecule has 3 aliphatic rings. The SMILES string of the molecule is CC(C1=CN(Cc2cccc(F)c2)C(c2ccccc2)N1)N(C(=O)[C@H]1CNCCO1)C1CC1. The molecule has 33 heavy (non-hydrogen) atoms. The zero-order valence-electron chi connectivity index (χ0n) is 18.9. The fourth-order valence-corrected chi connectivity index (χ4v) is 4.73. The predicted octanol–water partition coefficient (Wildman–Crippen LogP) is 3.14. The van der Waals surface area contributed by atoms with E-state index in [2.05, 4.69) is 40.8 Å². The number of carbonyl (C=O) groups is 1. The van der Waals surface area contributed by atoms with E-state index < -0.39 is 6.10 Å². The van der Waals surface area contributed by atoms with Crippen molar-refractivity contribution in [1.29, 1.82) is 0 Å². The fourth-order valence-electron chi connectivity index (χ4n) is 4.73. The summed E-state index contributed by atoms with van der Waals surface area (Å²) in [6.07, 6.45) is 3.63.